The van der Waals surface area contributed by atoms with Gasteiger partial charge in [0.1, 0.15) is 0 Å². The zero-order valence-corrected chi connectivity index (χ0v) is 11.0. The number of aromatic nitrogens is 1. The van der Waals surface area contributed by atoms with Crippen LogP contribution in [-0.2, 0) is 16.1 Å². The first-order valence-electron chi connectivity index (χ1n) is 5.20. The van der Waals surface area contributed by atoms with E-state index in [1.807, 2.05) is 20.9 Å². The van der Waals surface area contributed by atoms with Crippen LogP contribution in [0.1, 0.15) is 17.6 Å². The van der Waals surface area contributed by atoms with Gasteiger partial charge in [0, 0.05) is 18.5 Å². The van der Waals surface area contributed by atoms with Crippen molar-refractivity contribution in [3.8, 4) is 0 Å². The summed E-state index contributed by atoms with van der Waals surface area (Å²) in [4.78, 5) is 17.7. The molecule has 0 aromatic carbocycles. The van der Waals surface area contributed by atoms with Gasteiger partial charge in [-0.15, -0.1) is 11.3 Å². The lowest BCUT2D eigenvalue weighted by atomic mass is 10.2. The van der Waals surface area contributed by atoms with E-state index in [9.17, 15) is 4.79 Å². The second-order valence-corrected chi connectivity index (χ2v) is 5.04. The van der Waals surface area contributed by atoms with Gasteiger partial charge in [0.2, 0.25) is 0 Å². The van der Waals surface area contributed by atoms with Gasteiger partial charge in [-0.2, -0.15) is 0 Å². The maximum absolute atomic E-state index is 11.2. The van der Waals surface area contributed by atoms with Gasteiger partial charge in [-0.3, -0.25) is 9.69 Å². The maximum Gasteiger partial charge on any atom is 0.309 e. The number of aryl methyl sites for hydroxylation is 1. The summed E-state index contributed by atoms with van der Waals surface area (Å²) in [6.45, 7) is 5.31. The van der Waals surface area contributed by atoms with Crippen LogP contribution >= 0.6 is 11.3 Å². The number of carbonyl (C=O) groups is 1. The van der Waals surface area contributed by atoms with E-state index in [1.165, 1.54) is 7.11 Å². The number of hydrogen-bond acceptors (Lipinski definition) is 5. The first-order valence-corrected chi connectivity index (χ1v) is 6.08. The fourth-order valence-electron chi connectivity index (χ4n) is 1.57. The molecule has 4 nitrogen and oxygen atoms in total. The third-order valence-corrected chi connectivity index (χ3v) is 3.11. The van der Waals surface area contributed by atoms with Crippen LogP contribution in [0.15, 0.2) is 5.38 Å². The quantitative estimate of drug-likeness (QED) is 0.737. The highest BCUT2D eigenvalue weighted by Crippen LogP contribution is 2.10. The summed E-state index contributed by atoms with van der Waals surface area (Å²) in [5.41, 5.74) is 1.06. The van der Waals surface area contributed by atoms with Gasteiger partial charge in [0.05, 0.1) is 23.7 Å². The van der Waals surface area contributed by atoms with Crippen molar-refractivity contribution in [2.24, 2.45) is 5.92 Å². The van der Waals surface area contributed by atoms with Crippen LogP contribution in [-0.4, -0.2) is 36.6 Å². The molecule has 0 spiro atoms. The molecule has 0 radical (unpaired) electrons. The van der Waals surface area contributed by atoms with Crippen LogP contribution in [0, 0.1) is 12.8 Å². The van der Waals surface area contributed by atoms with Gasteiger partial charge in [-0.25, -0.2) is 4.98 Å². The number of esters is 1. The smallest absolute Gasteiger partial charge is 0.309 e. The van der Waals surface area contributed by atoms with E-state index in [2.05, 4.69) is 20.0 Å². The molecule has 0 saturated heterocycles. The van der Waals surface area contributed by atoms with Crippen LogP contribution in [0.2, 0.25) is 0 Å². The second kappa shape index (κ2) is 5.96. The minimum atomic E-state index is -0.165. The van der Waals surface area contributed by atoms with E-state index >= 15 is 0 Å². The van der Waals surface area contributed by atoms with Gasteiger partial charge in [-0.1, -0.05) is 6.92 Å². The van der Waals surface area contributed by atoms with Gasteiger partial charge in [0.15, 0.2) is 0 Å². The van der Waals surface area contributed by atoms with Crippen molar-refractivity contribution in [2.45, 2.75) is 20.4 Å². The summed E-state index contributed by atoms with van der Waals surface area (Å²) in [5.74, 6) is -0.268. The number of methoxy groups -OCH3 is 1. The van der Waals surface area contributed by atoms with E-state index in [0.717, 1.165) is 17.2 Å². The lowest BCUT2D eigenvalue weighted by Gasteiger charge is -2.18. The zero-order valence-electron chi connectivity index (χ0n) is 10.2. The van der Waals surface area contributed by atoms with Crippen LogP contribution in [0.5, 0.6) is 0 Å². The van der Waals surface area contributed by atoms with Crippen LogP contribution in [0.3, 0.4) is 0 Å². The molecule has 16 heavy (non-hydrogen) atoms. The number of thiazole rings is 1. The SMILES string of the molecule is COC(=O)C(C)CN(C)Cc1csc(C)n1. The van der Waals surface area contributed by atoms with Crippen molar-refractivity contribution >= 4 is 17.3 Å². The molecule has 5 heteroatoms. The Kier molecular flexibility index (Phi) is 4.89. The van der Waals surface area contributed by atoms with Crippen LogP contribution < -0.4 is 0 Å². The summed E-state index contributed by atoms with van der Waals surface area (Å²) in [7, 11) is 3.40. The summed E-state index contributed by atoms with van der Waals surface area (Å²) in [5, 5.41) is 3.12. The molecule has 1 aromatic heterocycles. The third-order valence-electron chi connectivity index (χ3n) is 2.29. The Labute approximate surface area is 100 Å². The van der Waals surface area contributed by atoms with Crippen molar-refractivity contribution in [1.82, 2.24) is 9.88 Å². The summed E-state index contributed by atoms with van der Waals surface area (Å²) >= 11 is 1.65. The Balaban J connectivity index is 2.41. The van der Waals surface area contributed by atoms with Gasteiger partial charge >= 0.3 is 5.97 Å². The monoisotopic (exact) mass is 242 g/mol. The number of ether oxygens (including phenoxy) is 1. The minimum absolute atomic E-state index is 0.102. The minimum Gasteiger partial charge on any atom is -0.469 e. The topological polar surface area (TPSA) is 42.4 Å². The first kappa shape index (κ1) is 13.1. The number of nitrogens with zero attached hydrogens (tertiary/aromatic N) is 2. The predicted molar refractivity (Wildman–Crippen MR) is 64.4 cm³/mol. The van der Waals surface area contributed by atoms with Gasteiger partial charge < -0.3 is 4.74 Å². The first-order chi connectivity index (χ1) is 7.52. The van der Waals surface area contributed by atoms with E-state index in [-0.39, 0.29) is 11.9 Å². The van der Waals surface area contributed by atoms with Crippen molar-refractivity contribution in [3.05, 3.63) is 16.1 Å². The molecule has 0 aliphatic rings. The standard InChI is InChI=1S/C11H18N2O2S/c1-8(11(14)15-4)5-13(3)6-10-7-16-9(2)12-10/h7-8H,5-6H2,1-4H3. The number of carbonyl (C=O) groups excluding carboxylic acids is 1. The zero-order chi connectivity index (χ0) is 12.1. The molecule has 0 aliphatic heterocycles. The third kappa shape index (κ3) is 3.90. The Morgan fingerprint density at radius 2 is 2.38 bits per heavy atom. The Bertz CT molecular complexity index is 352. The average Bonchev–Trinajstić information content (AvgIpc) is 2.62. The lowest BCUT2D eigenvalue weighted by Crippen LogP contribution is -2.29. The van der Waals surface area contributed by atoms with Crippen molar-refractivity contribution in [3.63, 3.8) is 0 Å². The normalized spacial score (nSPS) is 12.8. The fraction of sp³-hybridized carbons (Fsp3) is 0.636. The van der Waals surface area contributed by atoms with E-state index < -0.39 is 0 Å². The molecule has 0 saturated carbocycles. The van der Waals surface area contributed by atoms with Crippen molar-refractivity contribution < 1.29 is 9.53 Å². The largest absolute Gasteiger partial charge is 0.469 e. The molecular formula is C11H18N2O2S. The Morgan fingerprint density at radius 1 is 1.69 bits per heavy atom. The molecular weight excluding hydrogens is 224 g/mol. The molecule has 0 bridgehead atoms. The van der Waals surface area contributed by atoms with Gasteiger partial charge in [-0.05, 0) is 14.0 Å². The average molecular weight is 242 g/mol. The molecule has 0 aliphatic carbocycles. The molecule has 1 unspecified atom stereocenters. The number of hydrogen-bond donors (Lipinski definition) is 0. The molecule has 1 atom stereocenters. The Morgan fingerprint density at radius 3 is 2.88 bits per heavy atom. The van der Waals surface area contributed by atoms with E-state index in [0.29, 0.717) is 6.54 Å². The molecule has 0 amide bonds. The summed E-state index contributed by atoms with van der Waals surface area (Å²) in [6.07, 6.45) is 0. The maximum atomic E-state index is 11.2. The van der Waals surface area contributed by atoms with Crippen LogP contribution in [0.4, 0.5) is 0 Å². The number of rotatable bonds is 5. The van der Waals surface area contributed by atoms with E-state index in [1.54, 1.807) is 11.3 Å². The highest BCUT2D eigenvalue weighted by molar-refractivity contribution is 7.09. The lowest BCUT2D eigenvalue weighted by molar-refractivity contribution is -0.145. The van der Waals surface area contributed by atoms with Crippen LogP contribution in [0.25, 0.3) is 0 Å². The molecule has 0 N–H and O–H groups in total. The highest BCUT2D eigenvalue weighted by Gasteiger charge is 2.15. The molecule has 1 aromatic rings. The fourth-order valence-corrected chi connectivity index (χ4v) is 2.17. The summed E-state index contributed by atoms with van der Waals surface area (Å²) < 4.78 is 4.69. The second-order valence-electron chi connectivity index (χ2n) is 3.98. The van der Waals surface area contributed by atoms with Crippen molar-refractivity contribution in [1.29, 1.82) is 0 Å². The van der Waals surface area contributed by atoms with Crippen molar-refractivity contribution in [2.75, 3.05) is 20.7 Å². The van der Waals surface area contributed by atoms with Gasteiger partial charge in [0.25, 0.3) is 0 Å². The van der Waals surface area contributed by atoms with E-state index in [4.69, 9.17) is 0 Å². The summed E-state index contributed by atoms with van der Waals surface area (Å²) in [6, 6.07) is 0. The molecule has 0 fully saturated rings. The highest BCUT2D eigenvalue weighted by atomic mass is 32.1. The Hall–Kier alpha value is -0.940. The molecule has 90 valence electrons. The molecule has 1 rings (SSSR count). The molecule has 1 heterocycles. The predicted octanol–water partition coefficient (Wildman–Crippen LogP) is 1.69.